The van der Waals surface area contributed by atoms with Gasteiger partial charge in [0, 0.05) is 6.07 Å². The fourth-order valence-electron chi connectivity index (χ4n) is 1.67. The number of ether oxygens (including phenoxy) is 1. The molecule has 0 bridgehead atoms. The van der Waals surface area contributed by atoms with Crippen LogP contribution >= 0.6 is 0 Å². The second-order valence-electron chi connectivity index (χ2n) is 3.91. The first-order valence-corrected chi connectivity index (χ1v) is 5.36. The van der Waals surface area contributed by atoms with Crippen molar-refractivity contribution in [3.63, 3.8) is 0 Å². The molecular weight excluding hydrogens is 236 g/mol. The Morgan fingerprint density at radius 1 is 1.56 bits per heavy atom. The number of anilines is 1. The number of hydrogen-bond acceptors (Lipinski definition) is 6. The Hall–Kier alpha value is -2.31. The van der Waals surface area contributed by atoms with Crippen LogP contribution in [0.4, 0.5) is 5.82 Å². The van der Waals surface area contributed by atoms with Gasteiger partial charge in [-0.25, -0.2) is 9.78 Å². The molecule has 0 unspecified atom stereocenters. The quantitative estimate of drug-likeness (QED) is 0.813. The molecule has 0 aliphatic heterocycles. The van der Waals surface area contributed by atoms with Crippen molar-refractivity contribution in [2.45, 2.75) is 20.4 Å². The Kier molecular flexibility index (Phi) is 3.05. The molecule has 0 saturated heterocycles. The maximum absolute atomic E-state index is 11.4. The van der Waals surface area contributed by atoms with Gasteiger partial charge < -0.3 is 19.6 Å². The Morgan fingerprint density at radius 3 is 2.83 bits per heavy atom. The van der Waals surface area contributed by atoms with E-state index in [0.717, 1.165) is 5.69 Å². The molecule has 2 heterocycles. The molecule has 0 fully saturated rings. The highest BCUT2D eigenvalue weighted by atomic mass is 16.5. The predicted octanol–water partition coefficient (Wildman–Crippen LogP) is 0.905. The summed E-state index contributed by atoms with van der Waals surface area (Å²) in [6, 6.07) is 1.80. The molecule has 7 heteroatoms. The third-order valence-electron chi connectivity index (χ3n) is 2.57. The summed E-state index contributed by atoms with van der Waals surface area (Å²) in [4.78, 5) is 15.5. The molecule has 2 aromatic rings. The van der Waals surface area contributed by atoms with Crippen LogP contribution in [0, 0.1) is 13.8 Å². The molecule has 2 N–H and O–H groups in total. The third kappa shape index (κ3) is 2.06. The van der Waals surface area contributed by atoms with Crippen molar-refractivity contribution < 1.29 is 14.1 Å². The molecular formula is C11H14N4O3. The summed E-state index contributed by atoms with van der Waals surface area (Å²) in [5.41, 5.74) is 6.78. The van der Waals surface area contributed by atoms with Crippen molar-refractivity contribution in [1.29, 1.82) is 0 Å². The Balaban J connectivity index is 2.34. The highest BCUT2D eigenvalue weighted by Gasteiger charge is 2.19. The van der Waals surface area contributed by atoms with Gasteiger partial charge in [-0.2, -0.15) is 0 Å². The van der Waals surface area contributed by atoms with Crippen LogP contribution in [0.1, 0.15) is 27.8 Å². The molecule has 0 radical (unpaired) electrons. The molecule has 0 aliphatic carbocycles. The van der Waals surface area contributed by atoms with Gasteiger partial charge in [-0.3, -0.25) is 0 Å². The van der Waals surface area contributed by atoms with Gasteiger partial charge in [0.25, 0.3) is 0 Å². The lowest BCUT2D eigenvalue weighted by molar-refractivity contribution is 0.0595. The maximum atomic E-state index is 11.4. The average Bonchev–Trinajstić information content (AvgIpc) is 2.87. The van der Waals surface area contributed by atoms with Gasteiger partial charge in [-0.1, -0.05) is 5.16 Å². The van der Waals surface area contributed by atoms with Crippen LogP contribution in [0.2, 0.25) is 0 Å². The van der Waals surface area contributed by atoms with Crippen molar-refractivity contribution in [1.82, 2.24) is 14.7 Å². The van der Waals surface area contributed by atoms with Gasteiger partial charge in [-0.15, -0.1) is 0 Å². The Bertz CT molecular complexity index is 585. The number of esters is 1. The summed E-state index contributed by atoms with van der Waals surface area (Å²) in [7, 11) is 1.29. The standard InChI is InChI=1S/C11H14N4O3/c1-6-4-8(18-14-6)5-15-7(2)13-9(10(15)12)11(16)17-3/h4H,5,12H2,1-3H3. The molecule has 18 heavy (non-hydrogen) atoms. The van der Waals surface area contributed by atoms with Gasteiger partial charge in [0.1, 0.15) is 11.6 Å². The molecule has 2 aromatic heterocycles. The summed E-state index contributed by atoms with van der Waals surface area (Å²) in [5, 5.41) is 3.79. The number of nitrogens with zero attached hydrogens (tertiary/aromatic N) is 3. The van der Waals surface area contributed by atoms with E-state index in [1.165, 1.54) is 7.11 Å². The summed E-state index contributed by atoms with van der Waals surface area (Å²) in [6.07, 6.45) is 0. The smallest absolute Gasteiger partial charge is 0.360 e. The van der Waals surface area contributed by atoms with E-state index in [4.69, 9.17) is 10.3 Å². The van der Waals surface area contributed by atoms with Gasteiger partial charge in [0.05, 0.1) is 19.3 Å². The van der Waals surface area contributed by atoms with E-state index in [9.17, 15) is 4.79 Å². The number of aromatic nitrogens is 3. The fourth-order valence-corrected chi connectivity index (χ4v) is 1.67. The molecule has 96 valence electrons. The summed E-state index contributed by atoms with van der Waals surface area (Å²) in [6.45, 7) is 3.96. The zero-order valence-electron chi connectivity index (χ0n) is 10.4. The minimum atomic E-state index is -0.553. The van der Waals surface area contributed by atoms with E-state index in [-0.39, 0.29) is 11.5 Å². The normalized spacial score (nSPS) is 10.6. The predicted molar refractivity (Wildman–Crippen MR) is 63.1 cm³/mol. The lowest BCUT2D eigenvalue weighted by Gasteiger charge is -2.04. The molecule has 0 aromatic carbocycles. The first-order valence-electron chi connectivity index (χ1n) is 5.36. The van der Waals surface area contributed by atoms with E-state index < -0.39 is 5.97 Å². The number of aryl methyl sites for hydroxylation is 2. The number of carbonyl (C=O) groups is 1. The highest BCUT2D eigenvalue weighted by Crippen LogP contribution is 2.17. The largest absolute Gasteiger partial charge is 0.464 e. The zero-order chi connectivity index (χ0) is 13.3. The number of nitrogens with two attached hydrogens (primary N) is 1. The van der Waals surface area contributed by atoms with Crippen LogP contribution in [-0.2, 0) is 11.3 Å². The van der Waals surface area contributed by atoms with Crippen molar-refractivity contribution in [2.75, 3.05) is 12.8 Å². The Morgan fingerprint density at radius 2 is 2.28 bits per heavy atom. The monoisotopic (exact) mass is 250 g/mol. The van der Waals surface area contributed by atoms with E-state index >= 15 is 0 Å². The van der Waals surface area contributed by atoms with Crippen LogP contribution in [0.3, 0.4) is 0 Å². The Labute approximate surface area is 104 Å². The lowest BCUT2D eigenvalue weighted by atomic mass is 10.3. The van der Waals surface area contributed by atoms with Crippen molar-refractivity contribution in [2.24, 2.45) is 0 Å². The zero-order valence-corrected chi connectivity index (χ0v) is 10.4. The minimum absolute atomic E-state index is 0.117. The molecule has 0 aliphatic rings. The van der Waals surface area contributed by atoms with Gasteiger partial charge in [0.2, 0.25) is 0 Å². The maximum Gasteiger partial charge on any atom is 0.360 e. The molecule has 0 amide bonds. The molecule has 0 saturated carbocycles. The lowest BCUT2D eigenvalue weighted by Crippen LogP contribution is -2.09. The number of nitrogen functional groups attached to an aromatic ring is 1. The average molecular weight is 250 g/mol. The molecule has 2 rings (SSSR count). The number of rotatable bonds is 3. The second-order valence-corrected chi connectivity index (χ2v) is 3.91. The van der Waals surface area contributed by atoms with Crippen molar-refractivity contribution >= 4 is 11.8 Å². The SMILES string of the molecule is COC(=O)c1nc(C)n(Cc2cc(C)no2)c1N. The van der Waals surface area contributed by atoms with Gasteiger partial charge >= 0.3 is 5.97 Å². The summed E-state index contributed by atoms with van der Waals surface area (Å²) >= 11 is 0. The van der Waals surface area contributed by atoms with Crippen LogP contribution < -0.4 is 5.73 Å². The first-order chi connectivity index (χ1) is 8.52. The molecule has 0 atom stereocenters. The highest BCUT2D eigenvalue weighted by molar-refractivity contribution is 5.92. The fraction of sp³-hybridized carbons (Fsp3) is 0.364. The van der Waals surface area contributed by atoms with E-state index in [0.29, 0.717) is 18.1 Å². The van der Waals surface area contributed by atoms with E-state index in [1.807, 2.05) is 6.92 Å². The van der Waals surface area contributed by atoms with Crippen LogP contribution in [0.25, 0.3) is 0 Å². The van der Waals surface area contributed by atoms with Crippen LogP contribution in [0.5, 0.6) is 0 Å². The number of hydrogen-bond donors (Lipinski definition) is 1. The van der Waals surface area contributed by atoms with Crippen LogP contribution in [0.15, 0.2) is 10.6 Å². The number of imidazole rings is 1. The third-order valence-corrected chi connectivity index (χ3v) is 2.57. The first kappa shape index (κ1) is 12.2. The number of methoxy groups -OCH3 is 1. The summed E-state index contributed by atoms with van der Waals surface area (Å²) < 4.78 is 11.4. The van der Waals surface area contributed by atoms with Crippen molar-refractivity contribution in [3.8, 4) is 0 Å². The van der Waals surface area contributed by atoms with Crippen molar-refractivity contribution in [3.05, 3.63) is 29.0 Å². The van der Waals surface area contributed by atoms with E-state index in [1.54, 1.807) is 17.6 Å². The second kappa shape index (κ2) is 4.52. The summed E-state index contributed by atoms with van der Waals surface area (Å²) in [5.74, 6) is 0.967. The number of carbonyl (C=O) groups excluding carboxylic acids is 1. The van der Waals surface area contributed by atoms with E-state index in [2.05, 4.69) is 14.9 Å². The minimum Gasteiger partial charge on any atom is -0.464 e. The van der Waals surface area contributed by atoms with Gasteiger partial charge in [0.15, 0.2) is 11.5 Å². The van der Waals surface area contributed by atoms with Gasteiger partial charge in [-0.05, 0) is 13.8 Å². The van der Waals surface area contributed by atoms with Crippen LogP contribution in [-0.4, -0.2) is 27.8 Å². The molecule has 0 spiro atoms. The molecule has 7 nitrogen and oxygen atoms in total. The topological polar surface area (TPSA) is 96.2 Å².